The zero-order valence-corrected chi connectivity index (χ0v) is 28.9. The molecule has 54 heavy (non-hydrogen) atoms. The van der Waals surface area contributed by atoms with Crippen molar-refractivity contribution in [3.05, 3.63) is 119 Å². The molecule has 272 valence electrons. The molecular weight excluding hydrogens is 743 g/mol. The lowest BCUT2D eigenvalue weighted by Crippen LogP contribution is -2.28. The number of hydrogen-bond acceptors (Lipinski definition) is 16. The lowest BCUT2D eigenvalue weighted by atomic mass is 9.92. The Morgan fingerprint density at radius 2 is 1.06 bits per heavy atom. The second kappa shape index (κ2) is 14.9. The predicted octanol–water partition coefficient (Wildman–Crippen LogP) is 4.75. The number of nitrogens with two attached hydrogens (primary N) is 1. The fourth-order valence-electron chi connectivity index (χ4n) is 4.85. The number of anilines is 4. The molecule has 0 spiro atoms. The van der Waals surface area contributed by atoms with Gasteiger partial charge in [0, 0.05) is 0 Å². The van der Waals surface area contributed by atoms with E-state index in [1.54, 1.807) is 24.3 Å². The number of azo groups is 1. The molecular formula is C34H25N9O9S2. The number of Topliss-reactive ketones (excluding diaryl/α,β-unsaturated/α-hetero) is 1. The smallest absolute Gasteiger partial charge is 0.296 e. The molecule has 0 amide bonds. The van der Waals surface area contributed by atoms with E-state index in [0.717, 1.165) is 12.1 Å². The van der Waals surface area contributed by atoms with E-state index in [9.17, 15) is 40.3 Å². The molecule has 0 fully saturated rings. The van der Waals surface area contributed by atoms with Crippen molar-refractivity contribution in [2.45, 2.75) is 4.90 Å². The molecule has 3 aromatic carbocycles. The molecule has 0 unspecified atom stereocenters. The Kier molecular flexibility index (Phi) is 10.2. The van der Waals surface area contributed by atoms with E-state index in [0.29, 0.717) is 22.8 Å². The van der Waals surface area contributed by atoms with Crippen molar-refractivity contribution in [3.63, 3.8) is 0 Å². The van der Waals surface area contributed by atoms with Crippen LogP contribution in [-0.2, 0) is 29.8 Å². The summed E-state index contributed by atoms with van der Waals surface area (Å²) in [5, 5.41) is 20.1. The van der Waals surface area contributed by atoms with Crippen molar-refractivity contribution >= 4 is 94.9 Å². The molecule has 0 bridgehead atoms. The van der Waals surface area contributed by atoms with Gasteiger partial charge in [-0.25, -0.2) is 0 Å². The number of nitrogens with one attached hydrogen (secondary N) is 3. The normalized spacial score (nSPS) is 16.1. The number of carbonyl (C=O) groups excluding carboxylic acids is 3. The van der Waals surface area contributed by atoms with Gasteiger partial charge in [-0.3, -0.25) is 39.8 Å². The van der Waals surface area contributed by atoms with E-state index in [1.165, 1.54) is 72.9 Å². The van der Waals surface area contributed by atoms with Crippen LogP contribution in [0, 0.1) is 0 Å². The quantitative estimate of drug-likeness (QED) is 0.0535. The first-order valence-corrected chi connectivity index (χ1v) is 18.2. The molecule has 0 saturated heterocycles. The highest BCUT2D eigenvalue weighted by Crippen LogP contribution is 2.41. The number of rotatable bonds is 10. The Morgan fingerprint density at radius 1 is 0.593 bits per heavy atom. The summed E-state index contributed by atoms with van der Waals surface area (Å²) in [4.78, 5) is 34.5. The van der Waals surface area contributed by atoms with Gasteiger partial charge in [-0.2, -0.15) is 37.3 Å². The van der Waals surface area contributed by atoms with Crippen LogP contribution in [0.15, 0.2) is 139 Å². The highest BCUT2D eigenvalue weighted by molar-refractivity contribution is 7.91. The minimum atomic E-state index is -5.13. The number of nitrogens with zero attached hydrogens (tertiary/aromatic N) is 5. The van der Waals surface area contributed by atoms with Gasteiger partial charge in [0.15, 0.2) is 17.3 Å². The lowest BCUT2D eigenvalue weighted by molar-refractivity contribution is -0.111. The standard InChI is InChI=1S/C34H25N9O9S2/c35-31-30-19(17-28(53(47,48)49)32(31)42-40-22-5-1-20(2-6-22)36-38-24-9-13-26(44)14-10-24)18-29(54(50,51)52)33(34(30)46)43-41-23-7-3-21(4-8-23)37-39-25-11-15-27(45)16-12-25/h1-18,36-37,41H,35H2,(H,47,48,49)(H,50,51,52)/b42-40?,43-33+. The van der Waals surface area contributed by atoms with Crippen LogP contribution in [0.25, 0.3) is 6.08 Å². The molecule has 6 rings (SSSR count). The molecule has 0 atom stereocenters. The Labute approximate surface area is 306 Å². The molecule has 0 saturated carbocycles. The molecule has 3 aliphatic rings. The highest BCUT2D eigenvalue weighted by Gasteiger charge is 2.37. The summed E-state index contributed by atoms with van der Waals surface area (Å²) in [5.74, 6) is -1.46. The van der Waals surface area contributed by atoms with Crippen LogP contribution in [-0.4, -0.2) is 60.4 Å². The molecule has 20 heteroatoms. The van der Waals surface area contributed by atoms with Crippen molar-refractivity contribution in [2.24, 2.45) is 25.5 Å². The molecule has 3 aromatic rings. The van der Waals surface area contributed by atoms with Gasteiger partial charge < -0.3 is 5.73 Å². The molecule has 0 radical (unpaired) electrons. The van der Waals surface area contributed by atoms with E-state index in [1.807, 2.05) is 0 Å². The summed E-state index contributed by atoms with van der Waals surface area (Å²) in [7, 11) is -10.2. The van der Waals surface area contributed by atoms with Gasteiger partial charge in [0.1, 0.15) is 15.5 Å². The van der Waals surface area contributed by atoms with Crippen LogP contribution in [0.4, 0.5) is 34.1 Å². The van der Waals surface area contributed by atoms with Crippen LogP contribution < -0.4 is 22.0 Å². The van der Waals surface area contributed by atoms with Crippen molar-refractivity contribution in [1.29, 1.82) is 0 Å². The maximum absolute atomic E-state index is 13.8. The van der Waals surface area contributed by atoms with Crippen molar-refractivity contribution in [2.75, 3.05) is 22.0 Å². The fourth-order valence-corrected chi connectivity index (χ4v) is 6.18. The Morgan fingerprint density at radius 3 is 1.52 bits per heavy atom. The first kappa shape index (κ1) is 36.8. The van der Waals surface area contributed by atoms with E-state index in [2.05, 4.69) is 41.8 Å². The Bertz CT molecular complexity index is 2580. The maximum atomic E-state index is 13.8. The second-order valence-electron chi connectivity index (χ2n) is 11.2. The largest absolute Gasteiger partial charge is 0.396 e. The summed E-state index contributed by atoms with van der Waals surface area (Å²) in [6.07, 6.45) is 12.3. The summed E-state index contributed by atoms with van der Waals surface area (Å²) < 4.78 is 69.7. The van der Waals surface area contributed by atoms with Crippen molar-refractivity contribution in [3.8, 4) is 0 Å². The number of hydrazone groups is 3. The molecule has 0 heterocycles. The monoisotopic (exact) mass is 767 g/mol. The average Bonchev–Trinajstić information content (AvgIpc) is 3.13. The van der Waals surface area contributed by atoms with Crippen molar-refractivity contribution in [1.82, 2.24) is 0 Å². The van der Waals surface area contributed by atoms with E-state index in [4.69, 9.17) is 5.73 Å². The third-order valence-electron chi connectivity index (χ3n) is 7.47. The van der Waals surface area contributed by atoms with Gasteiger partial charge in [0.25, 0.3) is 20.2 Å². The topological polar surface area (TPSA) is 284 Å². The SMILES string of the molecule is Nc1c(N=Nc2ccc(NN=C3C=CC(=O)C=C3)cc2)c(S(=O)(=O)O)cc2c1C(=O)/C(=N/Nc1ccc(NN=C3C=CC(=O)C=C3)cc1)C(S(=O)(=O)O)=C2. The minimum absolute atomic E-state index is 0.166. The predicted molar refractivity (Wildman–Crippen MR) is 201 cm³/mol. The molecule has 0 aromatic heterocycles. The molecule has 0 aliphatic heterocycles. The molecule has 3 aliphatic carbocycles. The Hall–Kier alpha value is -7.00. The van der Waals surface area contributed by atoms with Crippen LogP contribution >= 0.6 is 0 Å². The first-order valence-electron chi connectivity index (χ1n) is 15.3. The van der Waals surface area contributed by atoms with Gasteiger partial charge >= 0.3 is 0 Å². The zero-order valence-electron chi connectivity index (χ0n) is 27.3. The number of nitrogen functional groups attached to an aromatic ring is 1. The minimum Gasteiger partial charge on any atom is -0.396 e. The maximum Gasteiger partial charge on any atom is 0.296 e. The van der Waals surface area contributed by atoms with Gasteiger partial charge in [0.05, 0.1) is 45.4 Å². The zero-order chi connectivity index (χ0) is 38.6. The van der Waals surface area contributed by atoms with Crippen LogP contribution in [0.2, 0.25) is 0 Å². The van der Waals surface area contributed by atoms with Gasteiger partial charge in [-0.05, 0) is 115 Å². The van der Waals surface area contributed by atoms with Crippen LogP contribution in [0.3, 0.4) is 0 Å². The van der Waals surface area contributed by atoms with E-state index < -0.39 is 58.5 Å². The number of fused-ring (bicyclic) bond motifs is 1. The fraction of sp³-hybridized carbons (Fsp3) is 0. The number of carbonyl (C=O) groups is 3. The van der Waals surface area contributed by atoms with Crippen molar-refractivity contribution < 1.29 is 40.3 Å². The first-order chi connectivity index (χ1) is 25.7. The third kappa shape index (κ3) is 8.54. The second-order valence-corrected chi connectivity index (χ2v) is 14.0. The molecule has 18 nitrogen and oxygen atoms in total. The highest BCUT2D eigenvalue weighted by atomic mass is 32.2. The summed E-state index contributed by atoms with van der Waals surface area (Å²) in [5.41, 5.74) is 14.1. The van der Waals surface area contributed by atoms with Crippen LogP contribution in [0.1, 0.15) is 15.9 Å². The summed E-state index contributed by atoms with van der Waals surface area (Å²) in [6, 6.07) is 13.0. The Balaban J connectivity index is 1.28. The number of allylic oxidation sites excluding steroid dienone is 9. The van der Waals surface area contributed by atoms with Crippen LogP contribution in [0.5, 0.6) is 0 Å². The third-order valence-corrected chi connectivity index (χ3v) is 9.20. The van der Waals surface area contributed by atoms with Gasteiger partial charge in [-0.1, -0.05) is 0 Å². The summed E-state index contributed by atoms with van der Waals surface area (Å²) in [6.45, 7) is 0. The summed E-state index contributed by atoms with van der Waals surface area (Å²) >= 11 is 0. The van der Waals surface area contributed by atoms with E-state index in [-0.39, 0.29) is 28.5 Å². The van der Waals surface area contributed by atoms with Gasteiger partial charge in [0.2, 0.25) is 5.78 Å². The molecule has 7 N–H and O–H groups in total. The average molecular weight is 768 g/mol. The van der Waals surface area contributed by atoms with E-state index >= 15 is 0 Å². The van der Waals surface area contributed by atoms with Gasteiger partial charge in [-0.15, -0.1) is 5.11 Å². The number of benzene rings is 3. The lowest BCUT2D eigenvalue weighted by Gasteiger charge is -2.20. The number of ketones is 3. The number of hydrogen-bond donors (Lipinski definition) is 6.